The SMILES string of the molecule is COc1cc2ncn(COCC[Si](C)(C)C)c2cc1SC(C)(C)C. The van der Waals surface area contributed by atoms with Crippen LogP contribution in [-0.4, -0.2) is 36.1 Å². The molecule has 24 heavy (non-hydrogen) atoms. The summed E-state index contributed by atoms with van der Waals surface area (Å²) in [4.78, 5) is 5.63. The second-order valence-corrected chi connectivity index (χ2v) is 15.8. The maximum Gasteiger partial charge on any atom is 0.134 e. The molecule has 0 aliphatic carbocycles. The molecule has 0 spiro atoms. The molecule has 2 aromatic rings. The van der Waals surface area contributed by atoms with Crippen LogP contribution in [0, 0.1) is 0 Å². The number of ether oxygens (including phenoxy) is 2. The maximum absolute atomic E-state index is 5.88. The highest BCUT2D eigenvalue weighted by atomic mass is 32.2. The van der Waals surface area contributed by atoms with Gasteiger partial charge in [-0.05, 0) is 12.1 Å². The quantitative estimate of drug-likeness (QED) is 0.381. The lowest BCUT2D eigenvalue weighted by Gasteiger charge is -2.19. The van der Waals surface area contributed by atoms with Crippen molar-refractivity contribution in [1.82, 2.24) is 9.55 Å². The fourth-order valence-corrected chi connectivity index (χ4v) is 4.11. The highest BCUT2D eigenvalue weighted by Crippen LogP contribution is 2.39. The van der Waals surface area contributed by atoms with Crippen molar-refractivity contribution in [2.75, 3.05) is 13.7 Å². The van der Waals surface area contributed by atoms with Crippen LogP contribution in [0.25, 0.3) is 11.0 Å². The highest BCUT2D eigenvalue weighted by Gasteiger charge is 2.18. The third-order valence-electron chi connectivity index (χ3n) is 3.55. The molecule has 0 bridgehead atoms. The molecule has 2 rings (SSSR count). The Morgan fingerprint density at radius 2 is 1.92 bits per heavy atom. The Morgan fingerprint density at radius 3 is 2.50 bits per heavy atom. The Bertz CT molecular complexity index is 687. The summed E-state index contributed by atoms with van der Waals surface area (Å²) in [5.74, 6) is 0.882. The lowest BCUT2D eigenvalue weighted by molar-refractivity contribution is 0.0898. The number of aromatic nitrogens is 2. The van der Waals surface area contributed by atoms with Gasteiger partial charge in [0.05, 0.1) is 29.4 Å². The molecule has 0 atom stereocenters. The zero-order chi connectivity index (χ0) is 18.0. The Kier molecular flexibility index (Phi) is 6.04. The average Bonchev–Trinajstić information content (AvgIpc) is 2.82. The Labute approximate surface area is 150 Å². The molecular weight excluding hydrogens is 336 g/mol. The van der Waals surface area contributed by atoms with Crippen LogP contribution in [-0.2, 0) is 11.5 Å². The topological polar surface area (TPSA) is 36.3 Å². The average molecular weight is 367 g/mol. The number of nitrogens with zero attached hydrogens (tertiary/aromatic N) is 2. The van der Waals surface area contributed by atoms with Crippen molar-refractivity contribution in [2.24, 2.45) is 0 Å². The van der Waals surface area contributed by atoms with Gasteiger partial charge in [0.2, 0.25) is 0 Å². The van der Waals surface area contributed by atoms with E-state index in [1.807, 2.05) is 24.2 Å². The molecule has 0 amide bonds. The van der Waals surface area contributed by atoms with Gasteiger partial charge in [-0.1, -0.05) is 40.4 Å². The zero-order valence-electron chi connectivity index (χ0n) is 16.0. The van der Waals surface area contributed by atoms with Crippen molar-refractivity contribution in [3.8, 4) is 5.75 Å². The minimum absolute atomic E-state index is 0.125. The largest absolute Gasteiger partial charge is 0.496 e. The molecule has 0 aliphatic rings. The third-order valence-corrected chi connectivity index (χ3v) is 6.40. The number of thioether (sulfide) groups is 1. The third kappa shape index (κ3) is 5.53. The molecule has 1 heterocycles. The van der Waals surface area contributed by atoms with Gasteiger partial charge < -0.3 is 14.0 Å². The van der Waals surface area contributed by atoms with Crippen LogP contribution in [0.4, 0.5) is 0 Å². The molecule has 1 aromatic carbocycles. The first-order chi connectivity index (χ1) is 11.1. The van der Waals surface area contributed by atoms with Crippen LogP contribution >= 0.6 is 11.8 Å². The van der Waals surface area contributed by atoms with Gasteiger partial charge in [0.1, 0.15) is 12.5 Å². The molecule has 6 heteroatoms. The van der Waals surface area contributed by atoms with Crippen molar-refractivity contribution in [3.63, 3.8) is 0 Å². The molecule has 4 nitrogen and oxygen atoms in total. The van der Waals surface area contributed by atoms with Gasteiger partial charge in [0.15, 0.2) is 0 Å². The van der Waals surface area contributed by atoms with Gasteiger partial charge in [-0.15, -0.1) is 11.8 Å². The summed E-state index contributed by atoms with van der Waals surface area (Å²) < 4.78 is 13.6. The van der Waals surface area contributed by atoms with Crippen molar-refractivity contribution in [2.45, 2.75) is 62.8 Å². The number of hydrogen-bond donors (Lipinski definition) is 0. The molecule has 0 unspecified atom stereocenters. The van der Waals surface area contributed by atoms with E-state index in [4.69, 9.17) is 9.47 Å². The van der Waals surface area contributed by atoms with Crippen LogP contribution in [0.1, 0.15) is 20.8 Å². The minimum atomic E-state index is -1.05. The van der Waals surface area contributed by atoms with Crippen molar-refractivity contribution in [3.05, 3.63) is 18.5 Å². The molecular formula is C18H30N2O2SSi. The van der Waals surface area contributed by atoms with Gasteiger partial charge in [-0.3, -0.25) is 0 Å². The monoisotopic (exact) mass is 366 g/mol. The first kappa shape index (κ1) is 19.3. The van der Waals surface area contributed by atoms with E-state index in [0.717, 1.165) is 28.3 Å². The first-order valence-electron chi connectivity index (χ1n) is 8.39. The zero-order valence-corrected chi connectivity index (χ0v) is 17.8. The standard InChI is InChI=1S/C18H30N2O2SSi/c1-18(2,3)23-17-11-15-14(10-16(17)21-4)19-12-20(15)13-22-8-9-24(5,6)7/h10-12H,8-9,13H2,1-7H3. The molecule has 0 saturated heterocycles. The van der Waals surface area contributed by atoms with E-state index in [9.17, 15) is 0 Å². The normalized spacial score (nSPS) is 12.8. The van der Waals surface area contributed by atoms with Gasteiger partial charge >= 0.3 is 0 Å². The van der Waals surface area contributed by atoms with Gasteiger partial charge in [-0.2, -0.15) is 0 Å². The maximum atomic E-state index is 5.88. The van der Waals surface area contributed by atoms with E-state index in [1.165, 1.54) is 6.04 Å². The molecule has 134 valence electrons. The second-order valence-electron chi connectivity index (χ2n) is 8.27. The Morgan fingerprint density at radius 1 is 1.21 bits per heavy atom. The number of rotatable bonds is 7. The predicted molar refractivity (Wildman–Crippen MR) is 106 cm³/mol. The van der Waals surface area contributed by atoms with Crippen LogP contribution in [0.3, 0.4) is 0 Å². The summed E-state index contributed by atoms with van der Waals surface area (Å²) in [6, 6.07) is 5.36. The molecule has 0 radical (unpaired) electrons. The summed E-state index contributed by atoms with van der Waals surface area (Å²) >= 11 is 1.81. The molecule has 0 N–H and O–H groups in total. The van der Waals surface area contributed by atoms with E-state index in [2.05, 4.69) is 56.0 Å². The Hall–Kier alpha value is -0.983. The molecule has 0 fully saturated rings. The van der Waals surface area contributed by atoms with Gasteiger partial charge in [0, 0.05) is 25.5 Å². The lowest BCUT2D eigenvalue weighted by atomic mass is 10.2. The summed E-state index contributed by atoms with van der Waals surface area (Å²) in [6.45, 7) is 15.1. The minimum Gasteiger partial charge on any atom is -0.496 e. The van der Waals surface area contributed by atoms with Crippen molar-refractivity contribution < 1.29 is 9.47 Å². The first-order valence-corrected chi connectivity index (χ1v) is 12.9. The van der Waals surface area contributed by atoms with Crippen molar-refractivity contribution in [1.29, 1.82) is 0 Å². The van der Waals surface area contributed by atoms with Gasteiger partial charge in [-0.25, -0.2) is 4.98 Å². The number of benzene rings is 1. The number of methoxy groups -OCH3 is 1. The smallest absolute Gasteiger partial charge is 0.134 e. The van der Waals surface area contributed by atoms with Crippen LogP contribution in [0.5, 0.6) is 5.75 Å². The van der Waals surface area contributed by atoms with E-state index < -0.39 is 8.07 Å². The number of fused-ring (bicyclic) bond motifs is 1. The molecule has 1 aromatic heterocycles. The fourth-order valence-electron chi connectivity index (χ4n) is 2.28. The highest BCUT2D eigenvalue weighted by molar-refractivity contribution is 8.00. The molecule has 0 aliphatic heterocycles. The number of imidazole rings is 1. The lowest BCUT2D eigenvalue weighted by Crippen LogP contribution is -2.21. The summed E-state index contributed by atoms with van der Waals surface area (Å²) in [5.41, 5.74) is 2.04. The Balaban J connectivity index is 2.18. The summed E-state index contributed by atoms with van der Waals surface area (Å²) in [5, 5.41) is 0. The van der Waals surface area contributed by atoms with E-state index >= 15 is 0 Å². The van der Waals surface area contributed by atoms with Crippen LogP contribution in [0.2, 0.25) is 25.7 Å². The van der Waals surface area contributed by atoms with E-state index in [-0.39, 0.29) is 4.75 Å². The second kappa shape index (κ2) is 7.50. The van der Waals surface area contributed by atoms with Gasteiger partial charge in [0.25, 0.3) is 0 Å². The summed E-state index contributed by atoms with van der Waals surface area (Å²) in [7, 11) is 0.662. The van der Waals surface area contributed by atoms with Crippen molar-refractivity contribution >= 4 is 30.9 Å². The van der Waals surface area contributed by atoms with E-state index in [0.29, 0.717) is 6.73 Å². The predicted octanol–water partition coefficient (Wildman–Crippen LogP) is 5.25. The fraction of sp³-hybridized carbons (Fsp3) is 0.611. The number of hydrogen-bond acceptors (Lipinski definition) is 4. The van der Waals surface area contributed by atoms with Crippen LogP contribution < -0.4 is 4.74 Å². The summed E-state index contributed by atoms with van der Waals surface area (Å²) in [6.07, 6.45) is 1.85. The van der Waals surface area contributed by atoms with Crippen LogP contribution in [0.15, 0.2) is 23.4 Å². The molecule has 0 saturated carbocycles. The van der Waals surface area contributed by atoms with E-state index in [1.54, 1.807) is 7.11 Å².